The molecule has 0 saturated carbocycles. The Balaban J connectivity index is 2.02. The summed E-state index contributed by atoms with van der Waals surface area (Å²) in [5, 5.41) is 2.14. The molecule has 0 radical (unpaired) electrons. The molecule has 33 heavy (non-hydrogen) atoms. The number of carbonyl (C=O) groups is 2. The Morgan fingerprint density at radius 1 is 1.00 bits per heavy atom. The summed E-state index contributed by atoms with van der Waals surface area (Å²) in [4.78, 5) is 24.9. The van der Waals surface area contributed by atoms with Crippen molar-refractivity contribution in [2.75, 3.05) is 13.7 Å². The van der Waals surface area contributed by atoms with Gasteiger partial charge in [-0.1, -0.05) is 95.3 Å². The van der Waals surface area contributed by atoms with Gasteiger partial charge in [0.05, 0.1) is 26.1 Å². The minimum absolute atomic E-state index is 0.0602. The molecule has 178 valence electrons. The molecule has 1 heterocycles. The van der Waals surface area contributed by atoms with Crippen LogP contribution in [0.5, 0.6) is 0 Å². The topological polar surface area (TPSA) is 61.8 Å². The molecule has 2 aromatic carbocycles. The average Bonchev–Trinajstić information content (AvgIpc) is 3.09. The van der Waals surface area contributed by atoms with Crippen LogP contribution in [0.1, 0.15) is 41.0 Å². The zero-order valence-electron chi connectivity index (χ0n) is 20.5. The van der Waals surface area contributed by atoms with Gasteiger partial charge >= 0.3 is 11.9 Å². The van der Waals surface area contributed by atoms with Gasteiger partial charge in [-0.3, -0.25) is 9.59 Å². The number of hydrogen-bond donors (Lipinski definition) is 0. The largest absolute Gasteiger partial charge is 0.469 e. The van der Waals surface area contributed by atoms with Gasteiger partial charge in [-0.25, -0.2) is 0 Å². The second-order valence-electron chi connectivity index (χ2n) is 10.2. The summed E-state index contributed by atoms with van der Waals surface area (Å²) in [5.41, 5.74) is 0. The van der Waals surface area contributed by atoms with Crippen molar-refractivity contribution < 1.29 is 23.5 Å². The highest BCUT2D eigenvalue weighted by atomic mass is 28.4. The summed E-state index contributed by atoms with van der Waals surface area (Å²) in [5.74, 6) is -1.15. The first-order chi connectivity index (χ1) is 15.6. The Kier molecular flexibility index (Phi) is 7.80. The van der Waals surface area contributed by atoms with Crippen molar-refractivity contribution >= 4 is 30.6 Å². The molecular weight excluding hydrogens is 432 g/mol. The Morgan fingerprint density at radius 3 is 1.94 bits per heavy atom. The van der Waals surface area contributed by atoms with E-state index in [1.165, 1.54) is 7.11 Å². The van der Waals surface area contributed by atoms with Crippen LogP contribution in [-0.4, -0.2) is 40.1 Å². The lowest BCUT2D eigenvalue weighted by atomic mass is 9.81. The lowest BCUT2D eigenvalue weighted by Gasteiger charge is -2.43. The van der Waals surface area contributed by atoms with E-state index in [0.29, 0.717) is 0 Å². The molecule has 0 aromatic heterocycles. The van der Waals surface area contributed by atoms with Gasteiger partial charge in [0.1, 0.15) is 6.10 Å². The van der Waals surface area contributed by atoms with Gasteiger partial charge in [0.15, 0.2) is 0 Å². The molecule has 2 aromatic rings. The number of hydrogen-bond acceptors (Lipinski definition) is 5. The summed E-state index contributed by atoms with van der Waals surface area (Å²) in [6, 6.07) is 20.7. The average molecular weight is 469 g/mol. The number of rotatable bonds is 8. The summed E-state index contributed by atoms with van der Waals surface area (Å²) in [6.07, 6.45) is -0.356. The molecule has 1 saturated heterocycles. The number of benzene rings is 2. The fourth-order valence-electron chi connectivity index (χ4n) is 5.15. The number of methoxy groups -OCH3 is 1. The van der Waals surface area contributed by atoms with Crippen LogP contribution in [0, 0.1) is 17.8 Å². The molecule has 1 aliphatic heterocycles. The lowest BCUT2D eigenvalue weighted by Crippen LogP contribution is -2.67. The third kappa shape index (κ3) is 5.07. The number of ether oxygens (including phenoxy) is 2. The smallest absolute Gasteiger partial charge is 0.310 e. The molecule has 1 aliphatic rings. The maximum atomic E-state index is 12.7. The second kappa shape index (κ2) is 10.2. The van der Waals surface area contributed by atoms with Crippen LogP contribution >= 0.6 is 0 Å². The van der Waals surface area contributed by atoms with Crippen molar-refractivity contribution in [3.05, 3.63) is 60.7 Å². The summed E-state index contributed by atoms with van der Waals surface area (Å²) >= 11 is 0. The van der Waals surface area contributed by atoms with Crippen LogP contribution in [0.3, 0.4) is 0 Å². The maximum absolute atomic E-state index is 12.7. The monoisotopic (exact) mass is 468 g/mol. The molecule has 3 atom stereocenters. The van der Waals surface area contributed by atoms with Crippen LogP contribution in [0.15, 0.2) is 60.7 Å². The van der Waals surface area contributed by atoms with Crippen LogP contribution in [0.4, 0.5) is 0 Å². The van der Waals surface area contributed by atoms with Crippen LogP contribution in [0.2, 0.25) is 5.04 Å². The highest BCUT2D eigenvalue weighted by Gasteiger charge is 2.53. The van der Waals surface area contributed by atoms with E-state index in [1.54, 1.807) is 0 Å². The van der Waals surface area contributed by atoms with Crippen molar-refractivity contribution in [2.24, 2.45) is 17.8 Å². The van der Waals surface area contributed by atoms with E-state index >= 15 is 0 Å². The zero-order chi connectivity index (χ0) is 24.2. The first-order valence-electron chi connectivity index (χ1n) is 11.6. The van der Waals surface area contributed by atoms with Gasteiger partial charge in [0.25, 0.3) is 8.32 Å². The van der Waals surface area contributed by atoms with E-state index in [2.05, 4.69) is 45.0 Å². The minimum atomic E-state index is -2.77. The quantitative estimate of drug-likeness (QED) is 0.434. The van der Waals surface area contributed by atoms with Crippen molar-refractivity contribution in [3.63, 3.8) is 0 Å². The third-order valence-electron chi connectivity index (χ3n) is 6.71. The summed E-state index contributed by atoms with van der Waals surface area (Å²) < 4.78 is 17.7. The van der Waals surface area contributed by atoms with Gasteiger partial charge in [-0.05, 0) is 21.3 Å². The van der Waals surface area contributed by atoms with E-state index in [9.17, 15) is 9.59 Å². The SMILES string of the molecule is COC(=O)C[C@@H]1[C@H](CO[Si](c2ccccc2)(c2ccccc2)C(C)(C)C)OC(=O)[C@H]1C(C)C. The molecule has 3 rings (SSSR count). The second-order valence-corrected chi connectivity index (χ2v) is 14.5. The fourth-order valence-corrected chi connectivity index (χ4v) is 9.72. The van der Waals surface area contributed by atoms with Crippen molar-refractivity contribution in [3.8, 4) is 0 Å². The Hall–Kier alpha value is -2.44. The minimum Gasteiger partial charge on any atom is -0.469 e. The molecule has 0 spiro atoms. The van der Waals surface area contributed by atoms with Gasteiger partial charge in [0.2, 0.25) is 0 Å². The molecule has 0 amide bonds. The van der Waals surface area contributed by atoms with E-state index in [-0.39, 0.29) is 47.8 Å². The van der Waals surface area contributed by atoms with Crippen molar-refractivity contribution in [1.29, 1.82) is 0 Å². The van der Waals surface area contributed by atoms with Gasteiger partial charge in [-0.15, -0.1) is 0 Å². The molecule has 0 N–H and O–H groups in total. The highest BCUT2D eigenvalue weighted by molar-refractivity contribution is 6.99. The first kappa shape index (κ1) is 25.2. The molecular formula is C27H36O5Si. The molecule has 0 aliphatic carbocycles. The third-order valence-corrected chi connectivity index (χ3v) is 11.7. The molecule has 0 unspecified atom stereocenters. The van der Waals surface area contributed by atoms with Gasteiger partial charge in [0, 0.05) is 5.92 Å². The molecule has 6 heteroatoms. The van der Waals surface area contributed by atoms with Crippen molar-refractivity contribution in [2.45, 2.75) is 52.2 Å². The van der Waals surface area contributed by atoms with Crippen molar-refractivity contribution in [1.82, 2.24) is 0 Å². The molecule has 0 bridgehead atoms. The Morgan fingerprint density at radius 2 is 1.52 bits per heavy atom. The standard InChI is InChI=1S/C27H36O5Si/c1-19(2)25-22(17-24(28)30-6)23(32-26(25)29)18-31-33(27(3,4)5,20-13-9-7-10-14-20)21-15-11-8-12-16-21/h7-16,19,22-23,25H,17-18H2,1-6H3/t22-,23+,25+/m1/s1. The van der Waals surface area contributed by atoms with E-state index in [0.717, 1.165) is 10.4 Å². The van der Waals surface area contributed by atoms with E-state index < -0.39 is 14.4 Å². The number of cyclic esters (lactones) is 1. The number of esters is 2. The highest BCUT2D eigenvalue weighted by Crippen LogP contribution is 2.40. The predicted molar refractivity (Wildman–Crippen MR) is 132 cm³/mol. The Labute approximate surface area is 198 Å². The predicted octanol–water partition coefficient (Wildman–Crippen LogP) is 3.94. The lowest BCUT2D eigenvalue weighted by molar-refractivity contribution is -0.146. The maximum Gasteiger partial charge on any atom is 0.310 e. The van der Waals surface area contributed by atoms with Gasteiger partial charge in [-0.2, -0.15) is 0 Å². The van der Waals surface area contributed by atoms with E-state index in [4.69, 9.17) is 13.9 Å². The molecule has 5 nitrogen and oxygen atoms in total. The fraction of sp³-hybridized carbons (Fsp3) is 0.481. The Bertz CT molecular complexity index is 896. The zero-order valence-corrected chi connectivity index (χ0v) is 21.5. The molecule has 1 fully saturated rings. The van der Waals surface area contributed by atoms with Crippen LogP contribution in [-0.2, 0) is 23.5 Å². The van der Waals surface area contributed by atoms with Gasteiger partial charge < -0.3 is 13.9 Å². The van der Waals surface area contributed by atoms with E-state index in [1.807, 2.05) is 50.2 Å². The van der Waals surface area contributed by atoms with Crippen LogP contribution < -0.4 is 10.4 Å². The van der Waals surface area contributed by atoms with Crippen LogP contribution in [0.25, 0.3) is 0 Å². The number of carbonyl (C=O) groups excluding carboxylic acids is 2. The normalized spacial score (nSPS) is 21.2. The summed E-state index contributed by atoms with van der Waals surface area (Å²) in [7, 11) is -1.40. The summed E-state index contributed by atoms with van der Waals surface area (Å²) in [6.45, 7) is 10.8. The first-order valence-corrected chi connectivity index (χ1v) is 13.5.